The van der Waals surface area contributed by atoms with Crippen molar-refractivity contribution >= 4 is 29.3 Å². The Morgan fingerprint density at radius 1 is 1.20 bits per heavy atom. The summed E-state index contributed by atoms with van der Waals surface area (Å²) in [6, 6.07) is 13.8. The zero-order chi connectivity index (χ0) is 21.1. The molecular weight excluding hydrogens is 418 g/mol. The van der Waals surface area contributed by atoms with Gasteiger partial charge in [0.05, 0.1) is 16.8 Å². The summed E-state index contributed by atoms with van der Waals surface area (Å²) in [6.07, 6.45) is 4.78. The highest BCUT2D eigenvalue weighted by atomic mass is 35.5. The molecule has 0 spiro atoms. The monoisotopic (exact) mass is 441 g/mol. The SMILES string of the molecule is CC(NC(=O)CSc1nnc(-c2ccccc2Cl)n1N)c1ccc2c(c1)CCCC2. The van der Waals surface area contributed by atoms with Crippen LogP contribution in [0.1, 0.15) is 42.5 Å². The largest absolute Gasteiger partial charge is 0.349 e. The van der Waals surface area contributed by atoms with Crippen molar-refractivity contribution in [1.82, 2.24) is 20.2 Å². The fourth-order valence-corrected chi connectivity index (χ4v) is 4.61. The average Bonchev–Trinajstić information content (AvgIpc) is 3.12. The molecule has 0 fully saturated rings. The molecule has 1 aliphatic carbocycles. The van der Waals surface area contributed by atoms with Gasteiger partial charge in [-0.1, -0.05) is 53.7 Å². The molecular formula is C22H24ClN5OS. The highest BCUT2D eigenvalue weighted by molar-refractivity contribution is 7.99. The topological polar surface area (TPSA) is 85.8 Å². The van der Waals surface area contributed by atoms with Crippen LogP contribution in [0.15, 0.2) is 47.6 Å². The van der Waals surface area contributed by atoms with E-state index in [0.29, 0.717) is 21.6 Å². The number of nitrogens with one attached hydrogen (secondary N) is 1. The third kappa shape index (κ3) is 4.47. The summed E-state index contributed by atoms with van der Waals surface area (Å²) in [6.45, 7) is 2.01. The van der Waals surface area contributed by atoms with Crippen LogP contribution in [-0.2, 0) is 17.6 Å². The number of amides is 1. The second-order valence-electron chi connectivity index (χ2n) is 7.47. The van der Waals surface area contributed by atoms with Gasteiger partial charge in [-0.25, -0.2) is 4.68 Å². The van der Waals surface area contributed by atoms with E-state index in [2.05, 4.69) is 33.7 Å². The van der Waals surface area contributed by atoms with Crippen LogP contribution in [0.25, 0.3) is 11.4 Å². The van der Waals surface area contributed by atoms with Crippen LogP contribution >= 0.6 is 23.4 Å². The van der Waals surface area contributed by atoms with E-state index in [4.69, 9.17) is 17.4 Å². The Kier molecular flexibility index (Phi) is 6.29. The van der Waals surface area contributed by atoms with E-state index in [0.717, 1.165) is 18.4 Å². The number of nitrogens with two attached hydrogens (primary N) is 1. The maximum Gasteiger partial charge on any atom is 0.230 e. The summed E-state index contributed by atoms with van der Waals surface area (Å²) in [5.41, 5.74) is 4.69. The molecule has 1 aliphatic rings. The minimum atomic E-state index is -0.0764. The van der Waals surface area contributed by atoms with E-state index < -0.39 is 0 Å². The number of carbonyl (C=O) groups excluding carboxylic acids is 1. The van der Waals surface area contributed by atoms with Gasteiger partial charge in [-0.05, 0) is 61.4 Å². The zero-order valence-electron chi connectivity index (χ0n) is 16.8. The van der Waals surface area contributed by atoms with Gasteiger partial charge in [0, 0.05) is 5.56 Å². The molecule has 1 amide bonds. The number of hydrogen-bond acceptors (Lipinski definition) is 5. The van der Waals surface area contributed by atoms with Crippen molar-refractivity contribution in [2.45, 2.75) is 43.8 Å². The van der Waals surface area contributed by atoms with Gasteiger partial charge in [-0.3, -0.25) is 4.79 Å². The van der Waals surface area contributed by atoms with Crippen molar-refractivity contribution in [3.8, 4) is 11.4 Å². The van der Waals surface area contributed by atoms with Crippen molar-refractivity contribution in [2.75, 3.05) is 11.6 Å². The highest BCUT2D eigenvalue weighted by Crippen LogP contribution is 2.28. The normalized spacial score (nSPS) is 14.2. The van der Waals surface area contributed by atoms with Crippen molar-refractivity contribution < 1.29 is 4.79 Å². The van der Waals surface area contributed by atoms with Gasteiger partial charge >= 0.3 is 0 Å². The minimum Gasteiger partial charge on any atom is -0.349 e. The Bertz CT molecular complexity index is 1070. The van der Waals surface area contributed by atoms with Crippen LogP contribution in [-0.4, -0.2) is 26.5 Å². The van der Waals surface area contributed by atoms with Crippen LogP contribution in [0.3, 0.4) is 0 Å². The molecule has 0 saturated heterocycles. The maximum atomic E-state index is 12.5. The Hall–Kier alpha value is -2.51. The fourth-order valence-electron chi connectivity index (χ4n) is 3.72. The number of nitrogen functional groups attached to an aromatic ring is 1. The summed E-state index contributed by atoms with van der Waals surface area (Å²) >= 11 is 7.47. The first-order chi connectivity index (χ1) is 14.5. The standard InChI is InChI=1S/C22H24ClN5OS/c1-14(16-11-10-15-6-2-3-7-17(15)12-16)25-20(29)13-30-22-27-26-21(28(22)24)18-8-4-5-9-19(18)23/h4-5,8-12,14H,2-3,6-7,13,24H2,1H3,(H,25,29). The van der Waals surface area contributed by atoms with Crippen molar-refractivity contribution in [3.63, 3.8) is 0 Å². The minimum absolute atomic E-state index is 0.0558. The summed E-state index contributed by atoms with van der Waals surface area (Å²) in [5, 5.41) is 12.3. The first-order valence-corrected chi connectivity index (χ1v) is 11.4. The quantitative estimate of drug-likeness (QED) is 0.443. The first-order valence-electron chi connectivity index (χ1n) is 10.0. The van der Waals surface area contributed by atoms with Gasteiger partial charge in [0.1, 0.15) is 0 Å². The van der Waals surface area contributed by atoms with Gasteiger partial charge in [0.15, 0.2) is 5.82 Å². The lowest BCUT2D eigenvalue weighted by Gasteiger charge is -2.20. The summed E-state index contributed by atoms with van der Waals surface area (Å²) in [4.78, 5) is 12.5. The predicted octanol–water partition coefficient (Wildman–Crippen LogP) is 4.16. The number of carbonyl (C=O) groups is 1. The molecule has 4 rings (SSSR count). The van der Waals surface area contributed by atoms with E-state index in [-0.39, 0.29) is 17.7 Å². The number of rotatable bonds is 6. The number of thioether (sulfide) groups is 1. The van der Waals surface area contributed by atoms with E-state index in [1.165, 1.54) is 40.4 Å². The molecule has 156 valence electrons. The molecule has 2 aromatic carbocycles. The summed E-state index contributed by atoms with van der Waals surface area (Å²) < 4.78 is 1.37. The van der Waals surface area contributed by atoms with Gasteiger partial charge in [0.2, 0.25) is 11.1 Å². The van der Waals surface area contributed by atoms with Crippen LogP contribution < -0.4 is 11.2 Å². The number of halogens is 1. The summed E-state index contributed by atoms with van der Waals surface area (Å²) in [7, 11) is 0. The molecule has 8 heteroatoms. The Morgan fingerprint density at radius 3 is 2.77 bits per heavy atom. The van der Waals surface area contributed by atoms with E-state index in [1.807, 2.05) is 25.1 Å². The highest BCUT2D eigenvalue weighted by Gasteiger charge is 2.17. The molecule has 3 aromatic rings. The number of aromatic nitrogens is 3. The maximum absolute atomic E-state index is 12.5. The fraction of sp³-hybridized carbons (Fsp3) is 0.318. The summed E-state index contributed by atoms with van der Waals surface area (Å²) in [5.74, 6) is 6.72. The van der Waals surface area contributed by atoms with Crippen LogP contribution in [0.5, 0.6) is 0 Å². The predicted molar refractivity (Wildman–Crippen MR) is 121 cm³/mol. The molecule has 1 heterocycles. The van der Waals surface area contributed by atoms with Gasteiger partial charge < -0.3 is 11.2 Å². The Morgan fingerprint density at radius 2 is 1.97 bits per heavy atom. The number of hydrogen-bond donors (Lipinski definition) is 2. The molecule has 0 bridgehead atoms. The zero-order valence-corrected chi connectivity index (χ0v) is 18.3. The molecule has 1 aromatic heterocycles. The van der Waals surface area contributed by atoms with Crippen LogP contribution in [0.4, 0.5) is 0 Å². The van der Waals surface area contributed by atoms with Crippen LogP contribution in [0.2, 0.25) is 5.02 Å². The number of nitrogens with zero attached hydrogens (tertiary/aromatic N) is 3. The second-order valence-corrected chi connectivity index (χ2v) is 8.82. The first kappa shape index (κ1) is 20.8. The number of benzene rings is 2. The smallest absolute Gasteiger partial charge is 0.230 e. The third-order valence-corrected chi connectivity index (χ3v) is 6.63. The molecule has 0 radical (unpaired) electrons. The molecule has 0 saturated carbocycles. The second kappa shape index (κ2) is 9.10. The lowest BCUT2D eigenvalue weighted by atomic mass is 9.89. The lowest BCUT2D eigenvalue weighted by Crippen LogP contribution is -2.28. The van der Waals surface area contributed by atoms with Gasteiger partial charge in [-0.15, -0.1) is 10.2 Å². The third-order valence-electron chi connectivity index (χ3n) is 5.36. The van der Waals surface area contributed by atoms with E-state index >= 15 is 0 Å². The van der Waals surface area contributed by atoms with Crippen LogP contribution in [0, 0.1) is 0 Å². The molecule has 3 N–H and O–H groups in total. The molecule has 6 nitrogen and oxygen atoms in total. The lowest BCUT2D eigenvalue weighted by molar-refractivity contribution is -0.119. The van der Waals surface area contributed by atoms with Gasteiger partial charge in [0.25, 0.3) is 0 Å². The number of aryl methyl sites for hydroxylation is 2. The van der Waals surface area contributed by atoms with Gasteiger partial charge in [-0.2, -0.15) is 0 Å². The molecule has 0 aliphatic heterocycles. The van der Waals surface area contributed by atoms with E-state index in [1.54, 1.807) is 6.07 Å². The molecule has 1 atom stereocenters. The van der Waals surface area contributed by atoms with E-state index in [9.17, 15) is 4.79 Å². The average molecular weight is 442 g/mol. The Balaban J connectivity index is 1.37. The van der Waals surface area contributed by atoms with Crippen molar-refractivity contribution in [2.24, 2.45) is 0 Å². The number of fused-ring (bicyclic) bond motifs is 1. The molecule has 1 unspecified atom stereocenters. The van der Waals surface area contributed by atoms with Crippen molar-refractivity contribution in [3.05, 3.63) is 64.2 Å². The molecule has 30 heavy (non-hydrogen) atoms. The van der Waals surface area contributed by atoms with Crippen molar-refractivity contribution in [1.29, 1.82) is 0 Å². The Labute approximate surface area is 185 Å².